The molecule has 9 heavy (non-hydrogen) atoms. The Hall–Kier alpha value is 0.660. The average Bonchev–Trinajstić information content (AvgIpc) is 1.98. The molecule has 0 spiro atoms. The molecule has 1 aromatic heterocycles. The smallest absolute Gasteiger partial charge is 0.0742 e. The van der Waals surface area contributed by atoms with E-state index < -0.39 is 0 Å². The first kappa shape index (κ1) is 7.76. The summed E-state index contributed by atoms with van der Waals surface area (Å²) in [6.07, 6.45) is 0. The Bertz CT molecular complexity index is 205. The minimum atomic E-state index is 1.23. The van der Waals surface area contributed by atoms with Crippen molar-refractivity contribution in [3.05, 3.63) is 18.7 Å². The van der Waals surface area contributed by atoms with Crippen molar-refractivity contribution in [3.8, 4) is 0 Å². The molecular formula is C6H6Br2S. The van der Waals surface area contributed by atoms with Gasteiger partial charge in [0.05, 0.1) is 7.57 Å². The molecule has 0 aliphatic carbocycles. The normalized spacial score (nSPS) is 10.2. The molecule has 0 bridgehead atoms. The first-order valence-corrected chi connectivity index (χ1v) is 4.94. The van der Waals surface area contributed by atoms with E-state index in [1.807, 2.05) is 0 Å². The minimum absolute atomic E-state index is 1.23. The van der Waals surface area contributed by atoms with E-state index in [1.165, 1.54) is 18.7 Å². The summed E-state index contributed by atoms with van der Waals surface area (Å²) in [5.41, 5.74) is 2.68. The van der Waals surface area contributed by atoms with E-state index in [2.05, 4.69) is 45.7 Å². The minimum Gasteiger partial charge on any atom is -0.121 e. The molecule has 0 radical (unpaired) electrons. The Balaban J connectivity index is 3.29. The third kappa shape index (κ3) is 1.38. The molecule has 0 saturated carbocycles. The molecule has 0 nitrogen and oxygen atoms in total. The number of thiophene rings is 1. The zero-order chi connectivity index (χ0) is 7.02. The Kier molecular flexibility index (Phi) is 2.35. The van der Waals surface area contributed by atoms with E-state index in [9.17, 15) is 0 Å². The Labute approximate surface area is 75.5 Å². The molecule has 1 aromatic rings. The third-order valence-corrected chi connectivity index (χ3v) is 4.46. The lowest BCUT2D eigenvalue weighted by Crippen LogP contribution is -1.69. The van der Waals surface area contributed by atoms with Crippen molar-refractivity contribution in [1.29, 1.82) is 0 Å². The van der Waals surface area contributed by atoms with Gasteiger partial charge in [-0.1, -0.05) is 0 Å². The second-order valence-corrected chi connectivity index (χ2v) is 5.56. The zero-order valence-electron chi connectivity index (χ0n) is 5.16. The summed E-state index contributed by atoms with van der Waals surface area (Å²) >= 11 is 8.64. The SMILES string of the molecule is Cc1c(Br)sc(Br)c1C. The summed E-state index contributed by atoms with van der Waals surface area (Å²) in [7, 11) is 0. The predicted molar refractivity (Wildman–Crippen MR) is 49.2 cm³/mol. The molecule has 0 saturated heterocycles. The lowest BCUT2D eigenvalue weighted by molar-refractivity contribution is 1.38. The highest BCUT2D eigenvalue weighted by Crippen LogP contribution is 2.35. The first-order chi connectivity index (χ1) is 4.13. The van der Waals surface area contributed by atoms with Crippen LogP contribution in [0.4, 0.5) is 0 Å². The fourth-order valence-electron chi connectivity index (χ4n) is 0.527. The highest BCUT2D eigenvalue weighted by Gasteiger charge is 2.05. The number of hydrogen-bond donors (Lipinski definition) is 0. The van der Waals surface area contributed by atoms with E-state index in [0.29, 0.717) is 0 Å². The Morgan fingerprint density at radius 1 is 1.00 bits per heavy atom. The van der Waals surface area contributed by atoms with Crippen molar-refractivity contribution < 1.29 is 0 Å². The number of rotatable bonds is 0. The molecular weight excluding hydrogens is 264 g/mol. The van der Waals surface area contributed by atoms with Crippen LogP contribution in [0.2, 0.25) is 0 Å². The van der Waals surface area contributed by atoms with Gasteiger partial charge in [0, 0.05) is 0 Å². The Morgan fingerprint density at radius 2 is 1.33 bits per heavy atom. The highest BCUT2D eigenvalue weighted by atomic mass is 79.9. The fourth-order valence-corrected chi connectivity index (χ4v) is 3.51. The van der Waals surface area contributed by atoms with Gasteiger partial charge in [0.2, 0.25) is 0 Å². The molecule has 0 unspecified atom stereocenters. The summed E-state index contributed by atoms with van der Waals surface area (Å²) in [6.45, 7) is 4.22. The van der Waals surface area contributed by atoms with Crippen LogP contribution in [-0.4, -0.2) is 0 Å². The molecule has 1 heterocycles. The molecule has 0 aliphatic rings. The summed E-state index contributed by atoms with van der Waals surface area (Å²) in [6, 6.07) is 0. The summed E-state index contributed by atoms with van der Waals surface area (Å²) in [5.74, 6) is 0. The lowest BCUT2D eigenvalue weighted by atomic mass is 10.2. The van der Waals surface area contributed by atoms with E-state index in [0.717, 1.165) is 0 Å². The van der Waals surface area contributed by atoms with Gasteiger partial charge in [0.15, 0.2) is 0 Å². The number of halogens is 2. The molecule has 0 amide bonds. The number of hydrogen-bond acceptors (Lipinski definition) is 1. The average molecular weight is 270 g/mol. The highest BCUT2D eigenvalue weighted by molar-refractivity contribution is 9.12. The van der Waals surface area contributed by atoms with Gasteiger partial charge in [-0.05, 0) is 56.8 Å². The largest absolute Gasteiger partial charge is 0.121 e. The van der Waals surface area contributed by atoms with Crippen LogP contribution in [0.25, 0.3) is 0 Å². The van der Waals surface area contributed by atoms with Gasteiger partial charge in [-0.15, -0.1) is 11.3 Å². The second kappa shape index (κ2) is 2.72. The van der Waals surface area contributed by atoms with Crippen molar-refractivity contribution in [2.75, 3.05) is 0 Å². The van der Waals surface area contributed by atoms with Crippen molar-refractivity contribution in [1.82, 2.24) is 0 Å². The van der Waals surface area contributed by atoms with Crippen LogP contribution >= 0.6 is 43.2 Å². The summed E-state index contributed by atoms with van der Waals surface area (Å²) < 4.78 is 2.46. The maximum atomic E-state index is 3.46. The molecule has 0 aliphatic heterocycles. The molecule has 1 rings (SSSR count). The maximum absolute atomic E-state index is 3.46. The van der Waals surface area contributed by atoms with E-state index in [-0.39, 0.29) is 0 Å². The van der Waals surface area contributed by atoms with Gasteiger partial charge in [-0.2, -0.15) is 0 Å². The van der Waals surface area contributed by atoms with Gasteiger partial charge in [0.1, 0.15) is 0 Å². The van der Waals surface area contributed by atoms with Crippen molar-refractivity contribution in [3.63, 3.8) is 0 Å². The Morgan fingerprint density at radius 3 is 1.44 bits per heavy atom. The quantitative estimate of drug-likeness (QED) is 0.670. The summed E-state index contributed by atoms with van der Waals surface area (Å²) in [4.78, 5) is 0. The van der Waals surface area contributed by atoms with Crippen LogP contribution < -0.4 is 0 Å². The van der Waals surface area contributed by atoms with E-state index in [4.69, 9.17) is 0 Å². The van der Waals surface area contributed by atoms with Crippen LogP contribution in [0.1, 0.15) is 11.1 Å². The summed E-state index contributed by atoms with van der Waals surface area (Å²) in [5, 5.41) is 0. The predicted octanol–water partition coefficient (Wildman–Crippen LogP) is 3.89. The van der Waals surface area contributed by atoms with Gasteiger partial charge in [0.25, 0.3) is 0 Å². The van der Waals surface area contributed by atoms with Gasteiger partial charge < -0.3 is 0 Å². The zero-order valence-corrected chi connectivity index (χ0v) is 9.15. The molecule has 0 fully saturated rings. The van der Waals surface area contributed by atoms with Gasteiger partial charge in [-0.25, -0.2) is 0 Å². The van der Waals surface area contributed by atoms with Crippen molar-refractivity contribution >= 4 is 43.2 Å². The van der Waals surface area contributed by atoms with Crippen LogP contribution in [0.5, 0.6) is 0 Å². The van der Waals surface area contributed by atoms with Crippen LogP contribution in [0, 0.1) is 13.8 Å². The second-order valence-electron chi connectivity index (χ2n) is 1.90. The topological polar surface area (TPSA) is 0 Å². The van der Waals surface area contributed by atoms with Crippen LogP contribution in [0.15, 0.2) is 7.57 Å². The van der Waals surface area contributed by atoms with E-state index in [1.54, 1.807) is 11.3 Å². The van der Waals surface area contributed by atoms with E-state index >= 15 is 0 Å². The fraction of sp³-hybridized carbons (Fsp3) is 0.333. The lowest BCUT2D eigenvalue weighted by Gasteiger charge is -1.86. The van der Waals surface area contributed by atoms with Crippen molar-refractivity contribution in [2.24, 2.45) is 0 Å². The van der Waals surface area contributed by atoms with Gasteiger partial charge in [-0.3, -0.25) is 0 Å². The van der Waals surface area contributed by atoms with Crippen LogP contribution in [-0.2, 0) is 0 Å². The monoisotopic (exact) mass is 268 g/mol. The molecule has 0 aromatic carbocycles. The first-order valence-electron chi connectivity index (χ1n) is 2.54. The molecule has 3 heteroatoms. The third-order valence-electron chi connectivity index (χ3n) is 1.33. The van der Waals surface area contributed by atoms with Gasteiger partial charge >= 0.3 is 0 Å². The molecule has 50 valence electrons. The maximum Gasteiger partial charge on any atom is 0.0742 e. The molecule has 0 atom stereocenters. The standard InChI is InChI=1S/C6H6Br2S/c1-3-4(2)6(8)9-5(3)7/h1-2H3. The van der Waals surface area contributed by atoms with Crippen molar-refractivity contribution in [2.45, 2.75) is 13.8 Å². The molecule has 0 N–H and O–H groups in total. The van der Waals surface area contributed by atoms with Crippen LogP contribution in [0.3, 0.4) is 0 Å².